The molecule has 1 fully saturated rings. The fourth-order valence-electron chi connectivity index (χ4n) is 3.77. The molecule has 0 bridgehead atoms. The molecule has 0 radical (unpaired) electrons. The highest BCUT2D eigenvalue weighted by Crippen LogP contribution is 2.35. The van der Waals surface area contributed by atoms with Crippen molar-refractivity contribution in [1.82, 2.24) is 10.3 Å². The molecule has 1 aliphatic heterocycles. The van der Waals surface area contributed by atoms with Gasteiger partial charge in [-0.05, 0) is 36.6 Å². The van der Waals surface area contributed by atoms with Gasteiger partial charge in [0.1, 0.15) is 5.01 Å². The lowest BCUT2D eigenvalue weighted by atomic mass is 9.74. The number of aromatic nitrogens is 1. The van der Waals surface area contributed by atoms with Crippen molar-refractivity contribution >= 4 is 40.4 Å². The third-order valence-electron chi connectivity index (χ3n) is 5.53. The average Bonchev–Trinajstić information content (AvgIpc) is 3.22. The molecule has 30 heavy (non-hydrogen) atoms. The lowest BCUT2D eigenvalue weighted by molar-refractivity contribution is -0.121. The molecule has 3 aromatic rings. The van der Waals surface area contributed by atoms with Crippen LogP contribution in [-0.2, 0) is 21.4 Å². The summed E-state index contributed by atoms with van der Waals surface area (Å²) in [5, 5.41) is 7.24. The fraction of sp³-hybridized carbons (Fsp3) is 0.304. The third-order valence-corrected chi connectivity index (χ3v) is 7.03. The second-order valence-corrected chi connectivity index (χ2v) is 9.18. The highest BCUT2D eigenvalue weighted by molar-refractivity contribution is 7.13. The summed E-state index contributed by atoms with van der Waals surface area (Å²) >= 11 is 13.8. The zero-order valence-electron chi connectivity index (χ0n) is 16.4. The molecule has 7 heteroatoms. The SMILES string of the molecule is O=C(Cc1csc(-c2ccccc2Cl)n1)NCC1(c2ccc(Cl)cc2)CCOCC1. The number of hydrogen-bond donors (Lipinski definition) is 1. The highest BCUT2D eigenvalue weighted by atomic mass is 35.5. The molecule has 2 heterocycles. The van der Waals surface area contributed by atoms with Crippen molar-refractivity contribution in [3.8, 4) is 10.6 Å². The summed E-state index contributed by atoms with van der Waals surface area (Å²) in [7, 11) is 0. The lowest BCUT2D eigenvalue weighted by Gasteiger charge is -2.38. The first-order valence-corrected chi connectivity index (χ1v) is 11.5. The van der Waals surface area contributed by atoms with Crippen molar-refractivity contribution in [3.63, 3.8) is 0 Å². The Balaban J connectivity index is 1.42. The van der Waals surface area contributed by atoms with Gasteiger partial charge in [0.2, 0.25) is 5.91 Å². The molecule has 0 spiro atoms. The minimum absolute atomic E-state index is 0.0363. The Labute approximate surface area is 190 Å². The van der Waals surface area contributed by atoms with E-state index in [0.29, 0.717) is 29.8 Å². The molecule has 1 amide bonds. The van der Waals surface area contributed by atoms with Gasteiger partial charge in [-0.15, -0.1) is 11.3 Å². The van der Waals surface area contributed by atoms with Crippen LogP contribution in [0.4, 0.5) is 0 Å². The maximum atomic E-state index is 12.7. The molecule has 4 rings (SSSR count). The van der Waals surface area contributed by atoms with Crippen molar-refractivity contribution in [2.45, 2.75) is 24.7 Å². The molecule has 1 aromatic heterocycles. The van der Waals surface area contributed by atoms with E-state index in [2.05, 4.69) is 22.4 Å². The zero-order valence-corrected chi connectivity index (χ0v) is 18.7. The minimum Gasteiger partial charge on any atom is -0.381 e. The van der Waals surface area contributed by atoms with Crippen LogP contribution >= 0.6 is 34.5 Å². The molecule has 0 atom stereocenters. The normalized spacial score (nSPS) is 15.7. The summed E-state index contributed by atoms with van der Waals surface area (Å²) in [6.45, 7) is 1.94. The van der Waals surface area contributed by atoms with Crippen molar-refractivity contribution in [2.24, 2.45) is 0 Å². The van der Waals surface area contributed by atoms with Crippen molar-refractivity contribution < 1.29 is 9.53 Å². The van der Waals surface area contributed by atoms with Gasteiger partial charge < -0.3 is 10.1 Å². The number of hydrogen-bond acceptors (Lipinski definition) is 4. The first-order chi connectivity index (χ1) is 14.6. The number of halogens is 2. The third kappa shape index (κ3) is 4.86. The average molecular weight is 461 g/mol. The van der Waals surface area contributed by atoms with Crippen LogP contribution in [0.25, 0.3) is 10.6 Å². The van der Waals surface area contributed by atoms with Gasteiger partial charge in [-0.25, -0.2) is 4.98 Å². The number of thiazole rings is 1. The van der Waals surface area contributed by atoms with E-state index in [1.54, 1.807) is 0 Å². The first-order valence-electron chi connectivity index (χ1n) is 9.86. The number of benzene rings is 2. The van der Waals surface area contributed by atoms with Gasteiger partial charge in [0.25, 0.3) is 0 Å². The summed E-state index contributed by atoms with van der Waals surface area (Å²) < 4.78 is 5.57. The van der Waals surface area contributed by atoms with Crippen LogP contribution in [0.3, 0.4) is 0 Å². The zero-order chi connectivity index (χ0) is 21.0. The van der Waals surface area contributed by atoms with E-state index in [1.807, 2.05) is 41.8 Å². The summed E-state index contributed by atoms with van der Waals surface area (Å²) in [5.41, 5.74) is 2.69. The van der Waals surface area contributed by atoms with Gasteiger partial charge in [0, 0.05) is 41.1 Å². The van der Waals surface area contributed by atoms with Gasteiger partial charge in [0.15, 0.2) is 0 Å². The molecule has 0 unspecified atom stereocenters. The molecular formula is C23H22Cl2N2O2S. The molecule has 1 aliphatic rings. The van der Waals surface area contributed by atoms with Crippen LogP contribution in [0.1, 0.15) is 24.1 Å². The number of amides is 1. The summed E-state index contributed by atoms with van der Waals surface area (Å²) in [5.74, 6) is -0.0363. The minimum atomic E-state index is -0.136. The Bertz CT molecular complexity index is 1010. The number of carbonyl (C=O) groups is 1. The van der Waals surface area contributed by atoms with Crippen LogP contribution in [0.5, 0.6) is 0 Å². The van der Waals surface area contributed by atoms with Gasteiger partial charge in [-0.2, -0.15) is 0 Å². The smallest absolute Gasteiger partial charge is 0.226 e. The second kappa shape index (κ2) is 9.48. The molecule has 2 aromatic carbocycles. The van der Waals surface area contributed by atoms with Crippen LogP contribution in [0, 0.1) is 0 Å². The molecule has 1 N–H and O–H groups in total. The fourth-order valence-corrected chi connectivity index (χ4v) is 5.04. The largest absolute Gasteiger partial charge is 0.381 e. The molecule has 1 saturated heterocycles. The van der Waals surface area contributed by atoms with Crippen LogP contribution < -0.4 is 5.32 Å². The number of rotatable bonds is 6. The molecule has 4 nitrogen and oxygen atoms in total. The molecule has 156 valence electrons. The maximum absolute atomic E-state index is 12.7. The van der Waals surface area contributed by atoms with Crippen LogP contribution in [-0.4, -0.2) is 30.6 Å². The lowest BCUT2D eigenvalue weighted by Crippen LogP contribution is -2.45. The van der Waals surface area contributed by atoms with E-state index in [-0.39, 0.29) is 17.7 Å². The Morgan fingerprint density at radius 2 is 1.83 bits per heavy atom. The van der Waals surface area contributed by atoms with Crippen LogP contribution in [0.15, 0.2) is 53.9 Å². The van der Waals surface area contributed by atoms with Crippen molar-refractivity contribution in [3.05, 3.63) is 75.2 Å². The summed E-state index contributed by atoms with van der Waals surface area (Å²) in [4.78, 5) is 17.3. The standard InChI is InChI=1S/C23H22Cl2N2O2S/c24-17-7-5-16(6-8-17)23(9-11-29-12-10-23)15-26-21(28)13-18-14-30-22(27-18)19-3-1-2-4-20(19)25/h1-8,14H,9-13,15H2,(H,26,28). The quantitative estimate of drug-likeness (QED) is 0.526. The first kappa shape index (κ1) is 21.3. The van der Waals surface area contributed by atoms with E-state index < -0.39 is 0 Å². The number of nitrogens with zero attached hydrogens (tertiary/aromatic N) is 1. The molecule has 0 aliphatic carbocycles. The maximum Gasteiger partial charge on any atom is 0.226 e. The topological polar surface area (TPSA) is 51.2 Å². The van der Waals surface area contributed by atoms with Crippen LogP contribution in [0.2, 0.25) is 10.0 Å². The molecule has 0 saturated carbocycles. The van der Waals surface area contributed by atoms with E-state index in [0.717, 1.165) is 29.1 Å². The predicted octanol–water partition coefficient (Wildman–Crippen LogP) is 5.52. The van der Waals surface area contributed by atoms with Gasteiger partial charge >= 0.3 is 0 Å². The molecular weight excluding hydrogens is 439 g/mol. The van der Waals surface area contributed by atoms with Crippen molar-refractivity contribution in [2.75, 3.05) is 19.8 Å². The Morgan fingerprint density at radius 1 is 1.10 bits per heavy atom. The van der Waals surface area contributed by atoms with E-state index >= 15 is 0 Å². The summed E-state index contributed by atoms with van der Waals surface area (Å²) in [6, 6.07) is 15.5. The predicted molar refractivity (Wildman–Crippen MR) is 122 cm³/mol. The summed E-state index contributed by atoms with van der Waals surface area (Å²) in [6.07, 6.45) is 1.97. The monoisotopic (exact) mass is 460 g/mol. The van der Waals surface area contributed by atoms with E-state index in [4.69, 9.17) is 27.9 Å². The van der Waals surface area contributed by atoms with Gasteiger partial charge in [0.05, 0.1) is 17.1 Å². The van der Waals surface area contributed by atoms with Crippen molar-refractivity contribution in [1.29, 1.82) is 0 Å². The Kier molecular flexibility index (Phi) is 6.74. The van der Waals surface area contributed by atoms with E-state index in [1.165, 1.54) is 16.9 Å². The Morgan fingerprint density at radius 3 is 2.57 bits per heavy atom. The number of nitrogens with one attached hydrogen (secondary N) is 1. The number of carbonyl (C=O) groups excluding carboxylic acids is 1. The second-order valence-electron chi connectivity index (χ2n) is 7.48. The van der Waals surface area contributed by atoms with Gasteiger partial charge in [-0.1, -0.05) is 53.5 Å². The van der Waals surface area contributed by atoms with E-state index in [9.17, 15) is 4.79 Å². The number of ether oxygens (including phenoxy) is 1. The highest BCUT2D eigenvalue weighted by Gasteiger charge is 2.34. The Hall–Kier alpha value is -1.92. The van der Waals surface area contributed by atoms with Gasteiger partial charge in [-0.3, -0.25) is 4.79 Å².